The maximum atomic E-state index is 12.4. The van der Waals surface area contributed by atoms with Crippen LogP contribution in [0.15, 0.2) is 12.4 Å². The van der Waals surface area contributed by atoms with Crippen LogP contribution in [0.25, 0.3) is 0 Å². The minimum absolute atomic E-state index is 0.0885. The van der Waals surface area contributed by atoms with E-state index in [-0.39, 0.29) is 11.8 Å². The molecule has 4 heteroatoms. The molecule has 1 N–H and O–H groups in total. The third kappa shape index (κ3) is 7.01. The van der Waals surface area contributed by atoms with Crippen molar-refractivity contribution < 1.29 is 4.79 Å². The van der Waals surface area contributed by atoms with E-state index in [1.807, 2.05) is 6.92 Å². The van der Waals surface area contributed by atoms with Gasteiger partial charge >= 0.3 is 0 Å². The SMILES string of the molecule is Cc1cnc(CNC(=O)C(CCCCC(C)C)C(C)C)cn1. The van der Waals surface area contributed by atoms with Crippen LogP contribution < -0.4 is 5.32 Å². The third-order valence-electron chi connectivity index (χ3n) is 3.97. The van der Waals surface area contributed by atoms with Gasteiger partial charge in [0.2, 0.25) is 5.91 Å². The Morgan fingerprint density at radius 1 is 1.09 bits per heavy atom. The van der Waals surface area contributed by atoms with Gasteiger partial charge in [-0.15, -0.1) is 0 Å². The van der Waals surface area contributed by atoms with E-state index in [4.69, 9.17) is 0 Å². The van der Waals surface area contributed by atoms with Gasteiger partial charge in [0.15, 0.2) is 0 Å². The second kappa shape index (κ2) is 9.54. The number of aromatic nitrogens is 2. The third-order valence-corrected chi connectivity index (χ3v) is 3.97. The van der Waals surface area contributed by atoms with Crippen LogP contribution in [0.1, 0.15) is 64.8 Å². The summed E-state index contributed by atoms with van der Waals surface area (Å²) < 4.78 is 0. The van der Waals surface area contributed by atoms with Crippen LogP contribution in [0.2, 0.25) is 0 Å². The van der Waals surface area contributed by atoms with E-state index in [1.54, 1.807) is 12.4 Å². The number of amides is 1. The van der Waals surface area contributed by atoms with Crippen LogP contribution in [-0.2, 0) is 11.3 Å². The summed E-state index contributed by atoms with van der Waals surface area (Å²) in [5.41, 5.74) is 1.70. The predicted octanol–water partition coefficient (Wildman–Crippen LogP) is 3.89. The van der Waals surface area contributed by atoms with Crippen molar-refractivity contribution in [2.24, 2.45) is 17.8 Å². The fourth-order valence-electron chi connectivity index (χ4n) is 2.50. The van der Waals surface area contributed by atoms with Gasteiger partial charge in [-0.3, -0.25) is 14.8 Å². The molecule has 0 fully saturated rings. The molecule has 1 heterocycles. The van der Waals surface area contributed by atoms with E-state index in [2.05, 4.69) is 43.0 Å². The van der Waals surface area contributed by atoms with Crippen LogP contribution in [0, 0.1) is 24.7 Å². The Bertz CT molecular complexity index is 440. The Balaban J connectivity index is 2.42. The molecule has 1 aromatic rings. The Labute approximate surface area is 135 Å². The van der Waals surface area contributed by atoms with E-state index in [9.17, 15) is 4.79 Å². The minimum atomic E-state index is 0.0885. The Hall–Kier alpha value is -1.45. The smallest absolute Gasteiger partial charge is 0.223 e. The molecule has 0 saturated carbocycles. The highest BCUT2D eigenvalue weighted by molar-refractivity contribution is 5.78. The summed E-state index contributed by atoms with van der Waals surface area (Å²) in [6.45, 7) is 11.1. The van der Waals surface area contributed by atoms with Crippen LogP contribution in [-0.4, -0.2) is 15.9 Å². The second-order valence-electron chi connectivity index (χ2n) is 6.90. The van der Waals surface area contributed by atoms with Gasteiger partial charge in [-0.1, -0.05) is 47.0 Å². The average molecular weight is 305 g/mol. The number of carbonyl (C=O) groups excluding carboxylic acids is 1. The number of carbonyl (C=O) groups is 1. The molecule has 0 aliphatic rings. The number of hydrogen-bond donors (Lipinski definition) is 1. The molecule has 1 aromatic heterocycles. The Kier molecular flexibility index (Phi) is 8.07. The molecule has 0 aromatic carbocycles. The van der Waals surface area contributed by atoms with Crippen molar-refractivity contribution in [3.05, 3.63) is 23.8 Å². The first kappa shape index (κ1) is 18.6. The first-order chi connectivity index (χ1) is 10.4. The molecule has 1 atom stereocenters. The summed E-state index contributed by atoms with van der Waals surface area (Å²) in [7, 11) is 0. The van der Waals surface area contributed by atoms with Crippen molar-refractivity contribution in [1.82, 2.24) is 15.3 Å². The summed E-state index contributed by atoms with van der Waals surface area (Å²) in [5.74, 6) is 1.34. The van der Waals surface area contributed by atoms with E-state index < -0.39 is 0 Å². The fraction of sp³-hybridized carbons (Fsp3) is 0.722. The first-order valence-corrected chi connectivity index (χ1v) is 8.45. The molecule has 0 radical (unpaired) electrons. The molecule has 22 heavy (non-hydrogen) atoms. The van der Waals surface area contributed by atoms with E-state index >= 15 is 0 Å². The summed E-state index contributed by atoms with van der Waals surface area (Å²) in [6, 6.07) is 0. The average Bonchev–Trinajstić information content (AvgIpc) is 2.45. The van der Waals surface area contributed by atoms with Crippen molar-refractivity contribution in [2.45, 2.75) is 66.8 Å². The van der Waals surface area contributed by atoms with Crippen molar-refractivity contribution in [1.29, 1.82) is 0 Å². The molecule has 0 saturated heterocycles. The summed E-state index contributed by atoms with van der Waals surface area (Å²) in [6.07, 6.45) is 7.99. The number of nitrogens with one attached hydrogen (secondary N) is 1. The highest BCUT2D eigenvalue weighted by Crippen LogP contribution is 2.20. The highest BCUT2D eigenvalue weighted by Gasteiger charge is 2.21. The normalized spacial score (nSPS) is 12.7. The lowest BCUT2D eigenvalue weighted by Gasteiger charge is -2.20. The molecule has 0 bridgehead atoms. The molecule has 124 valence electrons. The lowest BCUT2D eigenvalue weighted by atomic mass is 9.89. The molecule has 1 rings (SSSR count). The number of nitrogens with zero attached hydrogens (tertiary/aromatic N) is 2. The van der Waals surface area contributed by atoms with Crippen LogP contribution >= 0.6 is 0 Å². The van der Waals surface area contributed by atoms with Crippen LogP contribution in [0.5, 0.6) is 0 Å². The van der Waals surface area contributed by atoms with Gasteiger partial charge < -0.3 is 5.32 Å². The standard InChI is InChI=1S/C18H31N3O/c1-13(2)8-6-7-9-17(14(3)4)18(22)21-12-16-11-19-15(5)10-20-16/h10-11,13-14,17H,6-9,12H2,1-5H3,(H,21,22). The number of rotatable bonds is 9. The zero-order chi connectivity index (χ0) is 16.5. The van der Waals surface area contributed by atoms with E-state index in [1.165, 1.54) is 12.8 Å². The second-order valence-corrected chi connectivity index (χ2v) is 6.90. The number of unbranched alkanes of at least 4 members (excludes halogenated alkanes) is 1. The number of hydrogen-bond acceptors (Lipinski definition) is 3. The van der Waals surface area contributed by atoms with Gasteiger partial charge in [0.05, 0.1) is 24.1 Å². The Morgan fingerprint density at radius 2 is 1.77 bits per heavy atom. The zero-order valence-electron chi connectivity index (χ0n) is 14.7. The molecule has 0 spiro atoms. The zero-order valence-corrected chi connectivity index (χ0v) is 14.7. The molecule has 1 amide bonds. The monoisotopic (exact) mass is 305 g/mol. The molecular weight excluding hydrogens is 274 g/mol. The summed E-state index contributed by atoms with van der Waals surface area (Å²) in [5, 5.41) is 3.01. The van der Waals surface area contributed by atoms with E-state index in [0.717, 1.165) is 30.1 Å². The largest absolute Gasteiger partial charge is 0.350 e. The fourth-order valence-corrected chi connectivity index (χ4v) is 2.50. The number of aryl methyl sites for hydroxylation is 1. The van der Waals surface area contributed by atoms with Gasteiger partial charge in [0.25, 0.3) is 0 Å². The van der Waals surface area contributed by atoms with Gasteiger partial charge in [0, 0.05) is 12.1 Å². The molecule has 0 aliphatic heterocycles. The molecular formula is C18H31N3O. The van der Waals surface area contributed by atoms with Gasteiger partial charge in [-0.2, -0.15) is 0 Å². The lowest BCUT2D eigenvalue weighted by Crippen LogP contribution is -2.33. The van der Waals surface area contributed by atoms with Crippen molar-refractivity contribution in [2.75, 3.05) is 0 Å². The highest BCUT2D eigenvalue weighted by atomic mass is 16.1. The van der Waals surface area contributed by atoms with Crippen LogP contribution in [0.4, 0.5) is 0 Å². The maximum Gasteiger partial charge on any atom is 0.223 e. The summed E-state index contributed by atoms with van der Waals surface area (Å²) in [4.78, 5) is 20.9. The van der Waals surface area contributed by atoms with E-state index in [0.29, 0.717) is 12.5 Å². The minimum Gasteiger partial charge on any atom is -0.350 e. The van der Waals surface area contributed by atoms with Gasteiger partial charge in [0.1, 0.15) is 0 Å². The molecule has 1 unspecified atom stereocenters. The van der Waals surface area contributed by atoms with Crippen LogP contribution in [0.3, 0.4) is 0 Å². The molecule has 4 nitrogen and oxygen atoms in total. The van der Waals surface area contributed by atoms with Crippen molar-refractivity contribution >= 4 is 5.91 Å². The molecule has 0 aliphatic carbocycles. The van der Waals surface area contributed by atoms with Crippen molar-refractivity contribution in [3.8, 4) is 0 Å². The van der Waals surface area contributed by atoms with Gasteiger partial charge in [-0.25, -0.2) is 0 Å². The Morgan fingerprint density at radius 3 is 2.32 bits per heavy atom. The summed E-state index contributed by atoms with van der Waals surface area (Å²) >= 11 is 0. The van der Waals surface area contributed by atoms with Gasteiger partial charge in [-0.05, 0) is 25.2 Å². The predicted molar refractivity (Wildman–Crippen MR) is 90.2 cm³/mol. The van der Waals surface area contributed by atoms with Crippen molar-refractivity contribution in [3.63, 3.8) is 0 Å². The topological polar surface area (TPSA) is 54.9 Å². The lowest BCUT2D eigenvalue weighted by molar-refractivity contribution is -0.126. The quantitative estimate of drug-likeness (QED) is 0.704. The maximum absolute atomic E-state index is 12.4. The first-order valence-electron chi connectivity index (χ1n) is 8.45.